The summed E-state index contributed by atoms with van der Waals surface area (Å²) in [4.78, 5) is 24.9. The van der Waals surface area contributed by atoms with Gasteiger partial charge in [0.25, 0.3) is 0 Å². The molecule has 0 N–H and O–H groups in total. The maximum absolute atomic E-state index is 12.4. The second kappa shape index (κ2) is 20.5. The van der Waals surface area contributed by atoms with Crippen molar-refractivity contribution in [1.82, 2.24) is 0 Å². The molecule has 0 saturated carbocycles. The lowest BCUT2D eigenvalue weighted by molar-refractivity contribution is -0.152. The molecule has 4 heteroatoms. The van der Waals surface area contributed by atoms with Crippen LogP contribution in [-0.2, 0) is 19.1 Å². The number of ether oxygens (including phenoxy) is 2. The van der Waals surface area contributed by atoms with Crippen molar-refractivity contribution in [2.75, 3.05) is 13.2 Å². The molecule has 0 heterocycles. The maximum atomic E-state index is 12.4. The summed E-state index contributed by atoms with van der Waals surface area (Å²) in [6.07, 6.45) is 15.5. The fourth-order valence-corrected chi connectivity index (χ4v) is 4.22. The lowest BCUT2D eigenvalue weighted by Gasteiger charge is -2.20. The van der Waals surface area contributed by atoms with E-state index in [4.69, 9.17) is 9.47 Å². The van der Waals surface area contributed by atoms with Gasteiger partial charge in [0.1, 0.15) is 0 Å². The lowest BCUT2D eigenvalue weighted by atomic mass is 9.96. The minimum Gasteiger partial charge on any atom is -0.465 e. The Morgan fingerprint density at radius 1 is 0.531 bits per heavy atom. The minimum absolute atomic E-state index is 0.124. The first-order valence-corrected chi connectivity index (χ1v) is 13.7. The Balaban J connectivity index is 4.27. The van der Waals surface area contributed by atoms with E-state index in [0.717, 1.165) is 38.5 Å². The highest BCUT2D eigenvalue weighted by Gasteiger charge is 2.22. The third kappa shape index (κ3) is 15.7. The highest BCUT2D eigenvalue weighted by atomic mass is 16.5. The first kappa shape index (κ1) is 30.9. The molecule has 0 bridgehead atoms. The van der Waals surface area contributed by atoms with Crippen molar-refractivity contribution in [1.29, 1.82) is 0 Å². The Bertz CT molecular complexity index is 420. The summed E-state index contributed by atoms with van der Waals surface area (Å²) in [6, 6.07) is 0. The van der Waals surface area contributed by atoms with Gasteiger partial charge in [0.2, 0.25) is 0 Å². The zero-order chi connectivity index (χ0) is 24.2. The van der Waals surface area contributed by atoms with Gasteiger partial charge in [0.05, 0.1) is 25.0 Å². The third-order valence-electron chi connectivity index (χ3n) is 6.59. The van der Waals surface area contributed by atoms with Gasteiger partial charge in [-0.1, -0.05) is 92.9 Å². The van der Waals surface area contributed by atoms with Crippen LogP contribution in [0.2, 0.25) is 0 Å². The summed E-state index contributed by atoms with van der Waals surface area (Å²) in [6.45, 7) is 13.7. The minimum atomic E-state index is -0.176. The smallest absolute Gasteiger partial charge is 0.308 e. The van der Waals surface area contributed by atoms with Crippen molar-refractivity contribution in [3.63, 3.8) is 0 Å². The molecular formula is C28H54O4. The first-order valence-electron chi connectivity index (χ1n) is 13.7. The van der Waals surface area contributed by atoms with Crippen molar-refractivity contribution in [2.24, 2.45) is 23.7 Å². The van der Waals surface area contributed by atoms with Crippen LogP contribution in [0, 0.1) is 23.7 Å². The van der Waals surface area contributed by atoms with Gasteiger partial charge in [-0.05, 0) is 50.4 Å². The second-order valence-corrected chi connectivity index (χ2v) is 9.94. The van der Waals surface area contributed by atoms with Gasteiger partial charge in [0.15, 0.2) is 0 Å². The van der Waals surface area contributed by atoms with Crippen LogP contribution in [0.3, 0.4) is 0 Å². The van der Waals surface area contributed by atoms with Gasteiger partial charge < -0.3 is 9.47 Å². The summed E-state index contributed by atoms with van der Waals surface area (Å²) in [7, 11) is 0. The van der Waals surface area contributed by atoms with Crippen molar-refractivity contribution in [3.05, 3.63) is 0 Å². The SMILES string of the molecule is CCCCCC(CCC)COC(=O)C(C)CCC(C)C(=O)OCC(CCC)CCCCC. The second-order valence-electron chi connectivity index (χ2n) is 9.94. The van der Waals surface area contributed by atoms with Crippen LogP contribution in [0.1, 0.15) is 131 Å². The van der Waals surface area contributed by atoms with E-state index in [2.05, 4.69) is 27.7 Å². The largest absolute Gasteiger partial charge is 0.465 e. The number of rotatable bonds is 21. The average molecular weight is 455 g/mol. The van der Waals surface area contributed by atoms with Crippen molar-refractivity contribution in [2.45, 2.75) is 131 Å². The molecular weight excluding hydrogens is 400 g/mol. The molecule has 0 spiro atoms. The summed E-state index contributed by atoms with van der Waals surface area (Å²) in [5, 5.41) is 0. The van der Waals surface area contributed by atoms with E-state index in [1.807, 2.05) is 13.8 Å². The predicted octanol–water partition coefficient (Wildman–Crippen LogP) is 8.12. The topological polar surface area (TPSA) is 52.6 Å². The van der Waals surface area contributed by atoms with Crippen LogP contribution < -0.4 is 0 Å². The van der Waals surface area contributed by atoms with Crippen LogP contribution in [0.5, 0.6) is 0 Å². The standard InChI is InChI=1S/C28H54O4/c1-7-11-13-17-25(15-9-3)21-31-27(29)23(5)19-20-24(6)28(30)32-22-26(16-10-4)18-14-12-8-2/h23-26H,7-22H2,1-6H3. The highest BCUT2D eigenvalue weighted by molar-refractivity contribution is 5.73. The van der Waals surface area contributed by atoms with Crippen LogP contribution >= 0.6 is 0 Å². The van der Waals surface area contributed by atoms with Crippen LogP contribution in [0.15, 0.2) is 0 Å². The third-order valence-corrected chi connectivity index (χ3v) is 6.59. The Hall–Kier alpha value is -1.06. The van der Waals surface area contributed by atoms with Gasteiger partial charge >= 0.3 is 11.9 Å². The van der Waals surface area contributed by atoms with E-state index in [1.54, 1.807) is 0 Å². The van der Waals surface area contributed by atoms with Gasteiger partial charge in [0, 0.05) is 0 Å². The Morgan fingerprint density at radius 2 is 0.906 bits per heavy atom. The molecule has 0 rings (SSSR count). The van der Waals surface area contributed by atoms with Crippen LogP contribution in [0.4, 0.5) is 0 Å². The molecule has 0 aromatic carbocycles. The van der Waals surface area contributed by atoms with E-state index in [0.29, 0.717) is 37.9 Å². The van der Waals surface area contributed by atoms with Crippen molar-refractivity contribution < 1.29 is 19.1 Å². The zero-order valence-corrected chi connectivity index (χ0v) is 22.3. The van der Waals surface area contributed by atoms with Gasteiger partial charge in [-0.3, -0.25) is 9.59 Å². The maximum Gasteiger partial charge on any atom is 0.308 e. The molecule has 32 heavy (non-hydrogen) atoms. The molecule has 0 fully saturated rings. The van der Waals surface area contributed by atoms with Gasteiger partial charge in [-0.25, -0.2) is 0 Å². The molecule has 4 nitrogen and oxygen atoms in total. The fraction of sp³-hybridized carbons (Fsp3) is 0.929. The van der Waals surface area contributed by atoms with Crippen LogP contribution in [-0.4, -0.2) is 25.2 Å². The number of hydrogen-bond donors (Lipinski definition) is 0. The number of carbonyl (C=O) groups excluding carboxylic acids is 2. The number of hydrogen-bond acceptors (Lipinski definition) is 4. The summed E-state index contributed by atoms with van der Waals surface area (Å²) < 4.78 is 11.3. The molecule has 0 amide bonds. The fourth-order valence-electron chi connectivity index (χ4n) is 4.22. The zero-order valence-electron chi connectivity index (χ0n) is 22.3. The monoisotopic (exact) mass is 454 g/mol. The van der Waals surface area contributed by atoms with E-state index >= 15 is 0 Å². The van der Waals surface area contributed by atoms with Crippen LogP contribution in [0.25, 0.3) is 0 Å². The highest BCUT2D eigenvalue weighted by Crippen LogP contribution is 2.20. The molecule has 0 aromatic rings. The Labute approximate surface area is 199 Å². The molecule has 0 aliphatic carbocycles. The normalized spacial score (nSPS) is 15.1. The number of carbonyl (C=O) groups is 2. The van der Waals surface area contributed by atoms with Crippen molar-refractivity contribution in [3.8, 4) is 0 Å². The van der Waals surface area contributed by atoms with Gasteiger partial charge in [-0.15, -0.1) is 0 Å². The molecule has 0 saturated heterocycles. The molecule has 0 aliphatic heterocycles. The van der Waals surface area contributed by atoms with Crippen molar-refractivity contribution >= 4 is 11.9 Å². The lowest BCUT2D eigenvalue weighted by Crippen LogP contribution is -2.23. The molecule has 0 aliphatic rings. The molecule has 0 aromatic heterocycles. The predicted molar refractivity (Wildman–Crippen MR) is 135 cm³/mol. The Kier molecular flexibility index (Phi) is 19.9. The van der Waals surface area contributed by atoms with Gasteiger partial charge in [-0.2, -0.15) is 0 Å². The molecule has 4 atom stereocenters. The summed E-state index contributed by atoms with van der Waals surface area (Å²) in [5.74, 6) is 0.354. The molecule has 4 unspecified atom stereocenters. The average Bonchev–Trinajstić information content (AvgIpc) is 2.78. The summed E-state index contributed by atoms with van der Waals surface area (Å²) in [5.41, 5.74) is 0. The number of esters is 2. The van der Waals surface area contributed by atoms with E-state index in [1.165, 1.54) is 38.5 Å². The summed E-state index contributed by atoms with van der Waals surface area (Å²) >= 11 is 0. The van der Waals surface area contributed by atoms with E-state index < -0.39 is 0 Å². The Morgan fingerprint density at radius 3 is 1.22 bits per heavy atom. The van der Waals surface area contributed by atoms with E-state index in [-0.39, 0.29) is 23.8 Å². The quantitative estimate of drug-likeness (QED) is 0.130. The molecule has 190 valence electrons. The number of unbranched alkanes of at least 4 members (excludes halogenated alkanes) is 4. The van der Waals surface area contributed by atoms with E-state index in [9.17, 15) is 9.59 Å². The first-order chi connectivity index (χ1) is 15.4. The molecule has 0 radical (unpaired) electrons.